The van der Waals surface area contributed by atoms with Crippen molar-refractivity contribution in [1.29, 1.82) is 0 Å². The zero-order valence-corrected chi connectivity index (χ0v) is 11.7. The number of hydrogen-bond acceptors (Lipinski definition) is 2. The summed E-state index contributed by atoms with van der Waals surface area (Å²) in [5.74, 6) is -0.132. The molecule has 0 radical (unpaired) electrons. The van der Waals surface area contributed by atoms with E-state index >= 15 is 0 Å². The van der Waals surface area contributed by atoms with Crippen LogP contribution in [0.15, 0.2) is 30.3 Å². The maximum Gasteiger partial charge on any atom is 0.244 e. The molecule has 0 atom stereocenters. The first kappa shape index (κ1) is 14.3. The molecule has 1 aliphatic rings. The van der Waals surface area contributed by atoms with E-state index in [9.17, 15) is 9.59 Å². The summed E-state index contributed by atoms with van der Waals surface area (Å²) in [4.78, 5) is 22.6. The standard InChI is InChI=1S/C16H20N2O2/c1-12(19)17-15-9-6-13(7-10-15)8-11-16(20)18-14-4-2-3-5-14/h6-11,14H,2-5H2,1H3,(H,17,19)(H,18,20)/b11-8+. The molecule has 2 N–H and O–H groups in total. The molecule has 0 bridgehead atoms. The maximum atomic E-state index is 11.7. The summed E-state index contributed by atoms with van der Waals surface area (Å²) < 4.78 is 0. The van der Waals surface area contributed by atoms with Gasteiger partial charge in [-0.2, -0.15) is 0 Å². The van der Waals surface area contributed by atoms with E-state index in [4.69, 9.17) is 0 Å². The van der Waals surface area contributed by atoms with Crippen molar-refractivity contribution in [2.24, 2.45) is 0 Å². The zero-order valence-electron chi connectivity index (χ0n) is 11.7. The third-order valence-electron chi connectivity index (χ3n) is 3.36. The summed E-state index contributed by atoms with van der Waals surface area (Å²) in [7, 11) is 0. The second-order valence-corrected chi connectivity index (χ2v) is 5.13. The topological polar surface area (TPSA) is 58.2 Å². The Bertz CT molecular complexity index is 500. The van der Waals surface area contributed by atoms with Crippen LogP contribution >= 0.6 is 0 Å². The summed E-state index contributed by atoms with van der Waals surface area (Å²) in [5.41, 5.74) is 1.69. The molecule has 2 amide bonds. The first-order valence-corrected chi connectivity index (χ1v) is 7.00. The molecule has 1 fully saturated rings. The van der Waals surface area contributed by atoms with Gasteiger partial charge in [-0.25, -0.2) is 0 Å². The molecule has 1 saturated carbocycles. The van der Waals surface area contributed by atoms with Gasteiger partial charge in [-0.15, -0.1) is 0 Å². The zero-order chi connectivity index (χ0) is 14.4. The number of hydrogen-bond donors (Lipinski definition) is 2. The van der Waals surface area contributed by atoms with E-state index in [1.165, 1.54) is 19.8 Å². The molecule has 2 rings (SSSR count). The molecule has 0 unspecified atom stereocenters. The van der Waals surface area contributed by atoms with Crippen molar-refractivity contribution in [2.75, 3.05) is 5.32 Å². The smallest absolute Gasteiger partial charge is 0.244 e. The van der Waals surface area contributed by atoms with Crippen molar-refractivity contribution in [1.82, 2.24) is 5.32 Å². The van der Waals surface area contributed by atoms with E-state index in [1.54, 1.807) is 12.2 Å². The molecule has 0 aromatic heterocycles. The largest absolute Gasteiger partial charge is 0.350 e. The van der Waals surface area contributed by atoms with Crippen LogP contribution in [0.3, 0.4) is 0 Å². The summed E-state index contributed by atoms with van der Waals surface area (Å²) in [6.45, 7) is 1.47. The maximum absolute atomic E-state index is 11.7. The fourth-order valence-electron chi connectivity index (χ4n) is 2.37. The Morgan fingerprint density at radius 3 is 2.40 bits per heavy atom. The number of nitrogens with one attached hydrogen (secondary N) is 2. The third-order valence-corrected chi connectivity index (χ3v) is 3.36. The van der Waals surface area contributed by atoms with Gasteiger partial charge >= 0.3 is 0 Å². The van der Waals surface area contributed by atoms with Crippen LogP contribution in [0.5, 0.6) is 0 Å². The predicted molar refractivity (Wildman–Crippen MR) is 80.2 cm³/mol. The van der Waals surface area contributed by atoms with E-state index in [-0.39, 0.29) is 11.8 Å². The van der Waals surface area contributed by atoms with Crippen LogP contribution in [0.1, 0.15) is 38.2 Å². The van der Waals surface area contributed by atoms with Crippen molar-refractivity contribution in [2.45, 2.75) is 38.6 Å². The monoisotopic (exact) mass is 272 g/mol. The Morgan fingerprint density at radius 2 is 1.80 bits per heavy atom. The van der Waals surface area contributed by atoms with Crippen molar-refractivity contribution in [3.05, 3.63) is 35.9 Å². The Balaban J connectivity index is 1.86. The van der Waals surface area contributed by atoms with Crippen LogP contribution in [-0.2, 0) is 9.59 Å². The van der Waals surface area contributed by atoms with Gasteiger partial charge in [0, 0.05) is 24.7 Å². The van der Waals surface area contributed by atoms with Crippen molar-refractivity contribution < 1.29 is 9.59 Å². The second-order valence-electron chi connectivity index (χ2n) is 5.13. The van der Waals surface area contributed by atoms with Crippen molar-refractivity contribution >= 4 is 23.6 Å². The average Bonchev–Trinajstić information content (AvgIpc) is 2.90. The van der Waals surface area contributed by atoms with Gasteiger partial charge in [0.15, 0.2) is 0 Å². The number of carbonyl (C=O) groups excluding carboxylic acids is 2. The Hall–Kier alpha value is -2.10. The Morgan fingerprint density at radius 1 is 1.15 bits per heavy atom. The molecule has 106 valence electrons. The van der Waals surface area contributed by atoms with E-state index in [1.807, 2.05) is 24.3 Å². The van der Waals surface area contributed by atoms with Crippen LogP contribution < -0.4 is 10.6 Å². The van der Waals surface area contributed by atoms with Gasteiger partial charge in [0.1, 0.15) is 0 Å². The summed E-state index contributed by atoms with van der Waals surface area (Å²) >= 11 is 0. The van der Waals surface area contributed by atoms with E-state index < -0.39 is 0 Å². The van der Waals surface area contributed by atoms with Gasteiger partial charge in [0.25, 0.3) is 0 Å². The lowest BCUT2D eigenvalue weighted by Gasteiger charge is -2.09. The highest BCUT2D eigenvalue weighted by atomic mass is 16.2. The fourth-order valence-corrected chi connectivity index (χ4v) is 2.37. The SMILES string of the molecule is CC(=O)Nc1ccc(/C=C/C(=O)NC2CCCC2)cc1. The molecule has 1 aromatic rings. The minimum Gasteiger partial charge on any atom is -0.350 e. The normalized spacial score (nSPS) is 15.4. The highest BCUT2D eigenvalue weighted by Gasteiger charge is 2.15. The highest BCUT2D eigenvalue weighted by Crippen LogP contribution is 2.17. The molecular formula is C16H20N2O2. The van der Waals surface area contributed by atoms with E-state index in [0.717, 1.165) is 24.1 Å². The molecule has 0 heterocycles. The quantitative estimate of drug-likeness (QED) is 0.828. The van der Waals surface area contributed by atoms with E-state index in [0.29, 0.717) is 6.04 Å². The van der Waals surface area contributed by atoms with Crippen LogP contribution in [0.25, 0.3) is 6.08 Å². The minimum atomic E-state index is -0.0933. The first-order chi connectivity index (χ1) is 9.63. The van der Waals surface area contributed by atoms with E-state index in [2.05, 4.69) is 10.6 Å². The van der Waals surface area contributed by atoms with Gasteiger partial charge in [0.2, 0.25) is 11.8 Å². The lowest BCUT2D eigenvalue weighted by molar-refractivity contribution is -0.117. The van der Waals surface area contributed by atoms with Crippen molar-refractivity contribution in [3.63, 3.8) is 0 Å². The molecule has 1 aliphatic carbocycles. The molecule has 0 spiro atoms. The lowest BCUT2D eigenvalue weighted by Crippen LogP contribution is -2.30. The van der Waals surface area contributed by atoms with Crippen LogP contribution in [0.4, 0.5) is 5.69 Å². The number of anilines is 1. The molecule has 4 nitrogen and oxygen atoms in total. The van der Waals surface area contributed by atoms with Crippen molar-refractivity contribution in [3.8, 4) is 0 Å². The van der Waals surface area contributed by atoms with Gasteiger partial charge in [-0.05, 0) is 36.6 Å². The number of rotatable bonds is 4. The molecular weight excluding hydrogens is 252 g/mol. The van der Waals surface area contributed by atoms with Gasteiger partial charge in [-0.3, -0.25) is 9.59 Å². The Kier molecular flexibility index (Phi) is 4.93. The van der Waals surface area contributed by atoms with Crippen LogP contribution in [0.2, 0.25) is 0 Å². The number of amides is 2. The predicted octanol–water partition coefficient (Wildman–Crippen LogP) is 2.72. The number of carbonyl (C=O) groups is 2. The van der Waals surface area contributed by atoms with Crippen LogP contribution in [0, 0.1) is 0 Å². The minimum absolute atomic E-state index is 0.0390. The highest BCUT2D eigenvalue weighted by molar-refractivity contribution is 5.92. The van der Waals surface area contributed by atoms with Gasteiger partial charge in [0.05, 0.1) is 0 Å². The molecule has 0 saturated heterocycles. The summed E-state index contributed by atoms with van der Waals surface area (Å²) in [6, 6.07) is 7.70. The van der Waals surface area contributed by atoms with Gasteiger partial charge < -0.3 is 10.6 Å². The average molecular weight is 272 g/mol. The molecule has 1 aromatic carbocycles. The third kappa shape index (κ3) is 4.53. The second kappa shape index (κ2) is 6.89. The summed E-state index contributed by atoms with van der Waals surface area (Å²) in [6.07, 6.45) is 7.93. The molecule has 4 heteroatoms. The summed E-state index contributed by atoms with van der Waals surface area (Å²) in [5, 5.41) is 5.71. The van der Waals surface area contributed by atoms with Gasteiger partial charge in [-0.1, -0.05) is 25.0 Å². The molecule has 0 aliphatic heterocycles. The fraction of sp³-hybridized carbons (Fsp3) is 0.375. The first-order valence-electron chi connectivity index (χ1n) is 7.00. The lowest BCUT2D eigenvalue weighted by atomic mass is 10.2. The Labute approximate surface area is 119 Å². The number of benzene rings is 1. The van der Waals surface area contributed by atoms with Crippen LogP contribution in [-0.4, -0.2) is 17.9 Å². The molecule has 20 heavy (non-hydrogen) atoms.